The van der Waals surface area contributed by atoms with Crippen molar-refractivity contribution in [2.45, 2.75) is 12.8 Å². The molecule has 1 aliphatic carbocycles. The maximum absolute atomic E-state index is 12.0. The summed E-state index contributed by atoms with van der Waals surface area (Å²) >= 11 is 6.04. The molecule has 8 heteroatoms. The minimum Gasteiger partial charge on any atom is -0.493 e. The van der Waals surface area contributed by atoms with Crippen molar-refractivity contribution in [3.05, 3.63) is 64.2 Å². The van der Waals surface area contributed by atoms with Crippen LogP contribution in [0.2, 0.25) is 5.02 Å². The van der Waals surface area contributed by atoms with Crippen LogP contribution in [0.3, 0.4) is 0 Å². The van der Waals surface area contributed by atoms with E-state index in [0.29, 0.717) is 5.92 Å². The van der Waals surface area contributed by atoms with Gasteiger partial charge >= 0.3 is 6.03 Å². The molecule has 1 aliphatic rings. The zero-order valence-corrected chi connectivity index (χ0v) is 15.7. The number of urea groups is 1. The lowest BCUT2D eigenvalue weighted by Gasteiger charge is -2.05. The number of halogens is 1. The topological polar surface area (TPSA) is 120 Å². The van der Waals surface area contributed by atoms with Gasteiger partial charge in [0.05, 0.1) is 11.6 Å². The zero-order chi connectivity index (χ0) is 20.1. The average Bonchev–Trinajstić information content (AvgIpc) is 3.50. The minimum atomic E-state index is -0.799. The van der Waals surface area contributed by atoms with Crippen molar-refractivity contribution in [3.8, 4) is 5.75 Å². The third-order valence-corrected chi connectivity index (χ3v) is 4.46. The molecule has 0 heterocycles. The molecule has 7 nitrogen and oxygen atoms in total. The van der Waals surface area contributed by atoms with Gasteiger partial charge in [-0.05, 0) is 66.8 Å². The number of carbonyl (C=O) groups is 2. The van der Waals surface area contributed by atoms with Crippen molar-refractivity contribution in [1.29, 1.82) is 0 Å². The van der Waals surface area contributed by atoms with Gasteiger partial charge in [-0.2, -0.15) is 9.98 Å². The molecule has 0 bridgehead atoms. The summed E-state index contributed by atoms with van der Waals surface area (Å²) in [6, 6.07) is 10.7. The number of nitrogens with zero attached hydrogens (tertiary/aromatic N) is 2. The van der Waals surface area contributed by atoms with E-state index in [1.165, 1.54) is 37.3 Å². The average molecular weight is 399 g/mol. The van der Waals surface area contributed by atoms with Crippen LogP contribution in [0.25, 0.3) is 0 Å². The van der Waals surface area contributed by atoms with Crippen molar-refractivity contribution in [1.82, 2.24) is 0 Å². The van der Waals surface area contributed by atoms with E-state index in [0.717, 1.165) is 17.9 Å². The van der Waals surface area contributed by atoms with Gasteiger partial charge in [0.2, 0.25) is 5.91 Å². The maximum Gasteiger partial charge on any atom is 0.368 e. The Hall–Kier alpha value is -3.19. The molecule has 2 aromatic carbocycles. The van der Waals surface area contributed by atoms with E-state index < -0.39 is 11.9 Å². The monoisotopic (exact) mass is 398 g/mol. The van der Waals surface area contributed by atoms with Crippen molar-refractivity contribution >= 4 is 35.6 Å². The summed E-state index contributed by atoms with van der Waals surface area (Å²) in [5.74, 6) is 0.666. The molecule has 0 aliphatic heterocycles. The van der Waals surface area contributed by atoms with Crippen LogP contribution in [0.1, 0.15) is 34.3 Å². The van der Waals surface area contributed by atoms with Crippen molar-refractivity contribution < 1.29 is 14.3 Å². The molecule has 144 valence electrons. The molecule has 2 aromatic rings. The normalized spacial score (nSPS) is 14.2. The Balaban J connectivity index is 1.65. The quantitative estimate of drug-likeness (QED) is 0.573. The van der Waals surface area contributed by atoms with Crippen LogP contribution >= 0.6 is 11.6 Å². The summed E-state index contributed by atoms with van der Waals surface area (Å²) in [6.45, 7) is 0.736. The minimum absolute atomic E-state index is 0.154. The number of amides is 3. The highest BCUT2D eigenvalue weighted by atomic mass is 35.5. The molecule has 3 amide bonds. The molecule has 1 fully saturated rings. The van der Waals surface area contributed by atoms with E-state index in [2.05, 4.69) is 9.98 Å². The molecule has 28 heavy (non-hydrogen) atoms. The van der Waals surface area contributed by atoms with Crippen LogP contribution in [-0.2, 0) is 0 Å². The van der Waals surface area contributed by atoms with E-state index in [1.54, 1.807) is 12.1 Å². The van der Waals surface area contributed by atoms with Crippen LogP contribution in [0.5, 0.6) is 5.75 Å². The number of aliphatic imine (C=N–C) groups is 2. The van der Waals surface area contributed by atoms with Crippen molar-refractivity contribution in [3.63, 3.8) is 0 Å². The SMILES string of the molecule is NC(=O)c1ccc(Cl)c(C(N)=NC(=O)N=Cc2ccc(OCC3CC3)cc2)c1. The number of nitrogens with two attached hydrogens (primary N) is 2. The zero-order valence-electron chi connectivity index (χ0n) is 15.0. The lowest BCUT2D eigenvalue weighted by atomic mass is 10.1. The van der Waals surface area contributed by atoms with Crippen molar-refractivity contribution in [2.24, 2.45) is 27.4 Å². The van der Waals surface area contributed by atoms with E-state index in [4.69, 9.17) is 27.8 Å². The largest absolute Gasteiger partial charge is 0.493 e. The summed E-state index contributed by atoms with van der Waals surface area (Å²) in [7, 11) is 0. The predicted octanol–water partition coefficient (Wildman–Crippen LogP) is 3.17. The first kappa shape index (κ1) is 19.6. The molecule has 0 radical (unpaired) electrons. The summed E-state index contributed by atoms with van der Waals surface area (Å²) in [5.41, 5.74) is 12.2. The fraction of sp³-hybridized carbons (Fsp3) is 0.200. The van der Waals surface area contributed by atoms with Gasteiger partial charge in [-0.25, -0.2) is 4.79 Å². The number of primary amides is 1. The summed E-state index contributed by atoms with van der Waals surface area (Å²) in [5, 5.41) is 0.241. The van der Waals surface area contributed by atoms with Gasteiger partial charge in [0, 0.05) is 17.3 Å². The molecule has 0 saturated heterocycles. The third-order valence-electron chi connectivity index (χ3n) is 4.13. The molecule has 3 rings (SSSR count). The van der Waals surface area contributed by atoms with Crippen LogP contribution in [0.15, 0.2) is 52.4 Å². The van der Waals surface area contributed by atoms with Crippen LogP contribution in [0, 0.1) is 5.92 Å². The molecular weight excluding hydrogens is 380 g/mol. The van der Waals surface area contributed by atoms with E-state index in [1.807, 2.05) is 12.1 Å². The first-order valence-electron chi connectivity index (χ1n) is 8.67. The number of rotatable bonds is 6. The highest BCUT2D eigenvalue weighted by molar-refractivity contribution is 6.34. The maximum atomic E-state index is 12.0. The number of hydrogen-bond donors (Lipinski definition) is 2. The second-order valence-electron chi connectivity index (χ2n) is 6.42. The van der Waals surface area contributed by atoms with E-state index in [-0.39, 0.29) is 22.0 Å². The van der Waals surface area contributed by atoms with Gasteiger partial charge in [-0.15, -0.1) is 0 Å². The third kappa shape index (κ3) is 5.40. The molecule has 0 spiro atoms. The smallest absolute Gasteiger partial charge is 0.368 e. The Bertz CT molecular complexity index is 950. The summed E-state index contributed by atoms with van der Waals surface area (Å²) < 4.78 is 5.65. The van der Waals surface area contributed by atoms with Gasteiger partial charge in [-0.3, -0.25) is 4.79 Å². The number of ether oxygens (including phenoxy) is 1. The molecule has 1 saturated carbocycles. The van der Waals surface area contributed by atoms with E-state index >= 15 is 0 Å². The predicted molar refractivity (Wildman–Crippen MR) is 108 cm³/mol. The second kappa shape index (κ2) is 8.67. The highest BCUT2D eigenvalue weighted by Crippen LogP contribution is 2.29. The fourth-order valence-electron chi connectivity index (χ4n) is 2.35. The highest BCUT2D eigenvalue weighted by Gasteiger charge is 2.21. The number of carbonyl (C=O) groups excluding carboxylic acids is 2. The molecule has 0 unspecified atom stereocenters. The Morgan fingerprint density at radius 2 is 1.86 bits per heavy atom. The molecule has 4 N–H and O–H groups in total. The second-order valence-corrected chi connectivity index (χ2v) is 6.83. The molecule has 0 atom stereocenters. The summed E-state index contributed by atoms with van der Waals surface area (Å²) in [4.78, 5) is 30.7. The Kier molecular flexibility index (Phi) is 6.06. The lowest BCUT2D eigenvalue weighted by Crippen LogP contribution is -2.18. The first-order chi connectivity index (χ1) is 13.4. The van der Waals surface area contributed by atoms with Gasteiger partial charge in [0.1, 0.15) is 11.6 Å². The molecule has 0 aromatic heterocycles. The Morgan fingerprint density at radius 1 is 1.14 bits per heavy atom. The van der Waals surface area contributed by atoms with Gasteiger partial charge in [0.15, 0.2) is 0 Å². The van der Waals surface area contributed by atoms with Crippen LogP contribution in [0.4, 0.5) is 4.79 Å². The van der Waals surface area contributed by atoms with Gasteiger partial charge in [-0.1, -0.05) is 11.6 Å². The number of benzene rings is 2. The standard InChI is InChI=1S/C20H19ClN4O3/c21-17-8-5-14(19(23)26)9-16(17)18(22)25-20(27)24-10-12-3-6-15(7-4-12)28-11-13-1-2-13/h3-10,13H,1-2,11H2,(H2,23,26)(H2,22,25,27). The Morgan fingerprint density at radius 3 is 2.50 bits per heavy atom. The lowest BCUT2D eigenvalue weighted by molar-refractivity contribution is 0.1000. The van der Waals surface area contributed by atoms with Crippen molar-refractivity contribution in [2.75, 3.05) is 6.61 Å². The van der Waals surface area contributed by atoms with Crippen LogP contribution in [-0.4, -0.2) is 30.6 Å². The summed E-state index contributed by atoms with van der Waals surface area (Å²) in [6.07, 6.45) is 3.84. The molecular formula is C20H19ClN4O3. The van der Waals surface area contributed by atoms with Gasteiger partial charge < -0.3 is 16.2 Å². The number of amidine groups is 1. The fourth-order valence-corrected chi connectivity index (χ4v) is 2.56. The first-order valence-corrected chi connectivity index (χ1v) is 9.05. The Labute approximate surface area is 167 Å². The van der Waals surface area contributed by atoms with Crippen LogP contribution < -0.4 is 16.2 Å². The van der Waals surface area contributed by atoms with Gasteiger partial charge in [0.25, 0.3) is 0 Å². The number of hydrogen-bond acceptors (Lipinski definition) is 3. The van der Waals surface area contributed by atoms with E-state index in [9.17, 15) is 9.59 Å².